The minimum absolute atomic E-state index is 0.0459. The lowest BCUT2D eigenvalue weighted by atomic mass is 9.92. The summed E-state index contributed by atoms with van der Waals surface area (Å²) in [5.74, 6) is -0.198. The Morgan fingerprint density at radius 3 is 2.67 bits per heavy atom. The molecule has 1 aliphatic rings. The predicted molar refractivity (Wildman–Crippen MR) is 110 cm³/mol. The van der Waals surface area contributed by atoms with Gasteiger partial charge in [-0.15, -0.1) is 0 Å². The van der Waals surface area contributed by atoms with Gasteiger partial charge in [0.05, 0.1) is 10.2 Å². The van der Waals surface area contributed by atoms with Crippen LogP contribution in [-0.2, 0) is 12.8 Å². The van der Waals surface area contributed by atoms with Crippen molar-refractivity contribution >= 4 is 33.2 Å². The van der Waals surface area contributed by atoms with Crippen LogP contribution in [-0.4, -0.2) is 4.98 Å². The van der Waals surface area contributed by atoms with Crippen molar-refractivity contribution in [2.45, 2.75) is 12.8 Å². The number of hydrogen-bond donors (Lipinski definition) is 1. The molecule has 4 aromatic rings. The molecule has 1 N–H and O–H groups in total. The summed E-state index contributed by atoms with van der Waals surface area (Å²) in [6, 6.07) is 19.4. The lowest BCUT2D eigenvalue weighted by Crippen LogP contribution is -1.94. The van der Waals surface area contributed by atoms with Crippen LogP contribution in [0.1, 0.15) is 27.8 Å². The molecule has 4 heteroatoms. The first-order chi connectivity index (χ1) is 13.2. The number of hydrogen-bond acceptors (Lipinski definition) is 2. The van der Waals surface area contributed by atoms with Gasteiger partial charge in [0, 0.05) is 0 Å². The Labute approximate surface area is 159 Å². The van der Waals surface area contributed by atoms with Gasteiger partial charge in [-0.05, 0) is 76.6 Å². The standard InChI is InChI=1S/C23H16FNOS/c24-17-8-9-19-16(13-17)7-6-15-3-1-2-4-18(15)20(19)11-14-5-10-22-21(12-14)25-23(26)27-22/h1-5,8-13H,6-7H2,(H,25,26). The van der Waals surface area contributed by atoms with Crippen molar-refractivity contribution in [3.63, 3.8) is 0 Å². The second kappa shape index (κ2) is 6.32. The largest absolute Gasteiger partial charge is 0.312 e. The number of fused-ring (bicyclic) bond motifs is 3. The fourth-order valence-corrected chi connectivity index (χ4v) is 4.55. The van der Waals surface area contributed by atoms with Crippen molar-refractivity contribution in [2.24, 2.45) is 0 Å². The van der Waals surface area contributed by atoms with Crippen LogP contribution >= 0.6 is 11.3 Å². The van der Waals surface area contributed by atoms with Crippen LogP contribution < -0.4 is 4.87 Å². The Hall–Kier alpha value is -2.98. The lowest BCUT2D eigenvalue weighted by molar-refractivity contribution is 0.625. The molecule has 0 bridgehead atoms. The highest BCUT2D eigenvalue weighted by atomic mass is 32.1. The zero-order chi connectivity index (χ0) is 18.4. The van der Waals surface area contributed by atoms with E-state index in [4.69, 9.17) is 0 Å². The van der Waals surface area contributed by atoms with Crippen molar-refractivity contribution in [3.05, 3.63) is 104 Å². The summed E-state index contributed by atoms with van der Waals surface area (Å²) >= 11 is 1.22. The third-order valence-electron chi connectivity index (χ3n) is 5.08. The van der Waals surface area contributed by atoms with Crippen molar-refractivity contribution in [1.82, 2.24) is 4.98 Å². The Morgan fingerprint density at radius 1 is 0.926 bits per heavy atom. The second-order valence-corrected chi connectivity index (χ2v) is 7.80. The molecule has 5 rings (SSSR count). The molecule has 27 heavy (non-hydrogen) atoms. The van der Waals surface area contributed by atoms with Gasteiger partial charge in [0.1, 0.15) is 5.82 Å². The smallest absolute Gasteiger partial charge is 0.305 e. The molecule has 2 nitrogen and oxygen atoms in total. The molecular weight excluding hydrogens is 357 g/mol. The van der Waals surface area contributed by atoms with Gasteiger partial charge < -0.3 is 4.98 Å². The molecule has 0 atom stereocenters. The molecule has 0 aliphatic heterocycles. The molecule has 0 unspecified atom stereocenters. The number of nitrogens with one attached hydrogen (secondary N) is 1. The molecule has 0 spiro atoms. The van der Waals surface area contributed by atoms with E-state index in [0.29, 0.717) is 0 Å². The SMILES string of the molecule is O=c1[nH]c2cc(C=C3c4ccccc4CCc4cc(F)ccc43)ccc2s1. The van der Waals surface area contributed by atoms with Crippen LogP contribution in [0, 0.1) is 5.82 Å². The number of aryl methyl sites for hydroxylation is 2. The first-order valence-electron chi connectivity index (χ1n) is 8.89. The van der Waals surface area contributed by atoms with Gasteiger partial charge in [0.15, 0.2) is 0 Å². The van der Waals surface area contributed by atoms with Gasteiger partial charge in [-0.3, -0.25) is 4.79 Å². The maximum absolute atomic E-state index is 13.8. The normalized spacial score (nSPS) is 14.8. The Balaban J connectivity index is 1.75. The van der Waals surface area contributed by atoms with E-state index in [1.807, 2.05) is 30.3 Å². The van der Waals surface area contributed by atoms with Crippen LogP contribution in [0.2, 0.25) is 0 Å². The number of rotatable bonds is 1. The van der Waals surface area contributed by atoms with Crippen molar-refractivity contribution < 1.29 is 4.39 Å². The minimum atomic E-state index is -0.198. The fraction of sp³-hybridized carbons (Fsp3) is 0.0870. The lowest BCUT2D eigenvalue weighted by Gasteiger charge is -2.12. The van der Waals surface area contributed by atoms with E-state index in [2.05, 4.69) is 29.3 Å². The summed E-state index contributed by atoms with van der Waals surface area (Å²) in [7, 11) is 0. The second-order valence-electron chi connectivity index (χ2n) is 6.79. The summed E-state index contributed by atoms with van der Waals surface area (Å²) in [6.45, 7) is 0. The topological polar surface area (TPSA) is 32.9 Å². The average molecular weight is 373 g/mol. The fourth-order valence-electron chi connectivity index (χ4n) is 3.83. The number of aromatic amines is 1. The van der Waals surface area contributed by atoms with Gasteiger partial charge in [-0.1, -0.05) is 47.7 Å². The third kappa shape index (κ3) is 2.92. The first kappa shape index (κ1) is 16.2. The van der Waals surface area contributed by atoms with Crippen molar-refractivity contribution in [1.29, 1.82) is 0 Å². The molecule has 3 aromatic carbocycles. The molecule has 0 fully saturated rings. The summed E-state index contributed by atoms with van der Waals surface area (Å²) in [5, 5.41) is 0. The quantitative estimate of drug-likeness (QED) is 0.475. The summed E-state index contributed by atoms with van der Waals surface area (Å²) < 4.78 is 14.8. The monoisotopic (exact) mass is 373 g/mol. The average Bonchev–Trinajstić information content (AvgIpc) is 2.97. The maximum Gasteiger partial charge on any atom is 0.305 e. The van der Waals surface area contributed by atoms with E-state index in [0.717, 1.165) is 45.3 Å². The molecular formula is C23H16FNOS. The van der Waals surface area contributed by atoms with E-state index in [1.54, 1.807) is 6.07 Å². The van der Waals surface area contributed by atoms with Gasteiger partial charge in [-0.2, -0.15) is 0 Å². The van der Waals surface area contributed by atoms with E-state index >= 15 is 0 Å². The van der Waals surface area contributed by atoms with E-state index in [9.17, 15) is 9.18 Å². The zero-order valence-electron chi connectivity index (χ0n) is 14.5. The first-order valence-corrected chi connectivity index (χ1v) is 9.71. The summed E-state index contributed by atoms with van der Waals surface area (Å²) in [4.78, 5) is 14.4. The number of thiazole rings is 1. The van der Waals surface area contributed by atoms with Crippen LogP contribution in [0.25, 0.3) is 21.9 Å². The molecule has 1 aliphatic carbocycles. The van der Waals surface area contributed by atoms with Gasteiger partial charge >= 0.3 is 4.87 Å². The van der Waals surface area contributed by atoms with Crippen LogP contribution in [0.5, 0.6) is 0 Å². The van der Waals surface area contributed by atoms with E-state index in [1.165, 1.54) is 28.5 Å². The van der Waals surface area contributed by atoms with Gasteiger partial charge in [0.25, 0.3) is 0 Å². The molecule has 1 aromatic heterocycles. The summed E-state index contributed by atoms with van der Waals surface area (Å²) in [6.07, 6.45) is 3.84. The Bertz CT molecular complexity index is 1260. The Kier molecular flexibility index (Phi) is 3.80. The predicted octanol–water partition coefficient (Wildman–Crippen LogP) is 5.42. The molecule has 0 radical (unpaired) electrons. The van der Waals surface area contributed by atoms with Crippen LogP contribution in [0.4, 0.5) is 4.39 Å². The molecule has 132 valence electrons. The third-order valence-corrected chi connectivity index (χ3v) is 5.95. The number of halogens is 1. The molecule has 1 heterocycles. The highest BCUT2D eigenvalue weighted by Gasteiger charge is 2.18. The Morgan fingerprint density at radius 2 is 1.74 bits per heavy atom. The maximum atomic E-state index is 13.8. The summed E-state index contributed by atoms with van der Waals surface area (Å²) in [5.41, 5.74) is 7.50. The highest BCUT2D eigenvalue weighted by Crippen LogP contribution is 2.35. The van der Waals surface area contributed by atoms with E-state index in [-0.39, 0.29) is 10.7 Å². The number of benzene rings is 3. The van der Waals surface area contributed by atoms with Gasteiger partial charge in [0.2, 0.25) is 0 Å². The number of aromatic nitrogens is 1. The number of H-pyrrole nitrogens is 1. The van der Waals surface area contributed by atoms with Gasteiger partial charge in [-0.25, -0.2) is 4.39 Å². The molecule has 0 saturated carbocycles. The van der Waals surface area contributed by atoms with Crippen molar-refractivity contribution in [2.75, 3.05) is 0 Å². The van der Waals surface area contributed by atoms with Crippen LogP contribution in [0.3, 0.4) is 0 Å². The van der Waals surface area contributed by atoms with Crippen LogP contribution in [0.15, 0.2) is 65.5 Å². The molecule has 0 saturated heterocycles. The highest BCUT2D eigenvalue weighted by molar-refractivity contribution is 7.16. The van der Waals surface area contributed by atoms with Crippen molar-refractivity contribution in [3.8, 4) is 0 Å². The molecule has 0 amide bonds. The minimum Gasteiger partial charge on any atom is -0.312 e. The zero-order valence-corrected chi connectivity index (χ0v) is 15.3. The van der Waals surface area contributed by atoms with E-state index < -0.39 is 0 Å².